The Morgan fingerprint density at radius 3 is 2.47 bits per heavy atom. The first-order chi connectivity index (χ1) is 7.27. The summed E-state index contributed by atoms with van der Waals surface area (Å²) in [4.78, 5) is 7.20. The number of aromatic amines is 1. The fourth-order valence-corrected chi connectivity index (χ4v) is 2.04. The van der Waals surface area contributed by atoms with Gasteiger partial charge in [0.2, 0.25) is 0 Å². The van der Waals surface area contributed by atoms with Crippen LogP contribution in [0, 0.1) is 0 Å². The number of aryl methyl sites for hydroxylation is 1. The van der Waals surface area contributed by atoms with Crippen molar-refractivity contribution >= 4 is 23.2 Å². The van der Waals surface area contributed by atoms with Crippen LogP contribution in [0.3, 0.4) is 0 Å². The monoisotopic (exact) mass is 240 g/mol. The van der Waals surface area contributed by atoms with Crippen LogP contribution in [0.25, 0.3) is 0 Å². The summed E-state index contributed by atoms with van der Waals surface area (Å²) in [6.07, 6.45) is 5.16. The zero-order valence-electron chi connectivity index (χ0n) is 8.00. The van der Waals surface area contributed by atoms with Gasteiger partial charge in [-0.2, -0.15) is 0 Å². The average Bonchev–Trinajstić information content (AvgIpc) is 2.70. The van der Waals surface area contributed by atoms with Crippen molar-refractivity contribution in [2.75, 3.05) is 0 Å². The molecule has 0 fully saturated rings. The molecule has 1 aromatic heterocycles. The van der Waals surface area contributed by atoms with Gasteiger partial charge in [-0.05, 0) is 24.1 Å². The summed E-state index contributed by atoms with van der Waals surface area (Å²) in [6, 6.07) is 5.55. The van der Waals surface area contributed by atoms with Crippen LogP contribution < -0.4 is 0 Å². The quantitative estimate of drug-likeness (QED) is 0.875. The van der Waals surface area contributed by atoms with E-state index >= 15 is 0 Å². The van der Waals surface area contributed by atoms with Gasteiger partial charge in [0.15, 0.2) is 0 Å². The van der Waals surface area contributed by atoms with E-state index in [2.05, 4.69) is 9.97 Å². The molecule has 0 aliphatic heterocycles. The van der Waals surface area contributed by atoms with Gasteiger partial charge in [0.1, 0.15) is 5.82 Å². The standard InChI is InChI=1S/C11H10Cl2N2/c12-9-2-1-3-10(13)8(9)4-5-11-14-6-7-15-11/h1-3,6-7H,4-5H2,(H,14,15). The fraction of sp³-hybridized carbons (Fsp3) is 0.182. The number of hydrogen-bond acceptors (Lipinski definition) is 1. The molecule has 1 aromatic carbocycles. The third-order valence-corrected chi connectivity index (χ3v) is 2.94. The van der Waals surface area contributed by atoms with E-state index in [0.717, 1.165) is 24.2 Å². The number of H-pyrrole nitrogens is 1. The van der Waals surface area contributed by atoms with Crippen molar-refractivity contribution in [3.05, 3.63) is 52.0 Å². The predicted octanol–water partition coefficient (Wildman–Crippen LogP) is 3.50. The Morgan fingerprint density at radius 1 is 1.13 bits per heavy atom. The van der Waals surface area contributed by atoms with Gasteiger partial charge in [-0.3, -0.25) is 0 Å². The van der Waals surface area contributed by atoms with Crippen LogP contribution in [0.1, 0.15) is 11.4 Å². The zero-order chi connectivity index (χ0) is 10.7. The minimum atomic E-state index is 0.717. The number of imidazole rings is 1. The van der Waals surface area contributed by atoms with E-state index in [9.17, 15) is 0 Å². The lowest BCUT2D eigenvalue weighted by Gasteiger charge is -2.05. The van der Waals surface area contributed by atoms with Crippen LogP contribution in [-0.2, 0) is 12.8 Å². The van der Waals surface area contributed by atoms with Crippen molar-refractivity contribution in [1.82, 2.24) is 9.97 Å². The van der Waals surface area contributed by atoms with Gasteiger partial charge in [-0.15, -0.1) is 0 Å². The maximum absolute atomic E-state index is 6.05. The molecule has 2 aromatic rings. The molecular weight excluding hydrogens is 231 g/mol. The Bertz CT molecular complexity index is 418. The van der Waals surface area contributed by atoms with E-state index in [4.69, 9.17) is 23.2 Å². The SMILES string of the molecule is Clc1cccc(Cl)c1CCc1ncc[nH]1. The molecule has 0 aliphatic carbocycles. The highest BCUT2D eigenvalue weighted by Gasteiger charge is 2.05. The number of rotatable bonds is 3. The highest BCUT2D eigenvalue weighted by molar-refractivity contribution is 6.35. The summed E-state index contributed by atoms with van der Waals surface area (Å²) in [5, 5.41) is 1.43. The van der Waals surface area contributed by atoms with Crippen molar-refractivity contribution in [2.45, 2.75) is 12.8 Å². The molecule has 78 valence electrons. The van der Waals surface area contributed by atoms with Crippen LogP contribution >= 0.6 is 23.2 Å². The van der Waals surface area contributed by atoms with E-state index in [1.807, 2.05) is 24.4 Å². The van der Waals surface area contributed by atoms with Crippen molar-refractivity contribution in [1.29, 1.82) is 0 Å². The second-order valence-corrected chi connectivity index (χ2v) is 4.05. The molecule has 2 rings (SSSR count). The van der Waals surface area contributed by atoms with E-state index in [1.54, 1.807) is 6.20 Å². The van der Waals surface area contributed by atoms with Gasteiger partial charge >= 0.3 is 0 Å². The molecule has 0 aliphatic rings. The lowest BCUT2D eigenvalue weighted by molar-refractivity contribution is 0.884. The Kier molecular flexibility index (Phi) is 3.29. The first kappa shape index (κ1) is 10.5. The summed E-state index contributed by atoms with van der Waals surface area (Å²) >= 11 is 12.1. The topological polar surface area (TPSA) is 28.7 Å². The Balaban J connectivity index is 2.11. The molecule has 0 atom stereocenters. The van der Waals surface area contributed by atoms with Gasteiger partial charge in [-0.25, -0.2) is 4.98 Å². The highest BCUT2D eigenvalue weighted by Crippen LogP contribution is 2.25. The minimum absolute atomic E-state index is 0.717. The molecule has 2 nitrogen and oxygen atoms in total. The van der Waals surface area contributed by atoms with Gasteiger partial charge < -0.3 is 4.98 Å². The lowest BCUT2D eigenvalue weighted by Crippen LogP contribution is -1.95. The Labute approximate surface area is 98.3 Å². The number of nitrogens with one attached hydrogen (secondary N) is 1. The molecule has 0 saturated carbocycles. The van der Waals surface area contributed by atoms with E-state index in [1.165, 1.54) is 0 Å². The molecule has 1 N–H and O–H groups in total. The van der Waals surface area contributed by atoms with Gasteiger partial charge in [0.25, 0.3) is 0 Å². The van der Waals surface area contributed by atoms with Crippen LogP contribution in [0.15, 0.2) is 30.6 Å². The first-order valence-electron chi connectivity index (χ1n) is 4.68. The smallest absolute Gasteiger partial charge is 0.106 e. The molecule has 0 spiro atoms. The number of aromatic nitrogens is 2. The number of benzene rings is 1. The molecule has 4 heteroatoms. The predicted molar refractivity (Wildman–Crippen MR) is 62.5 cm³/mol. The van der Waals surface area contributed by atoms with Crippen molar-refractivity contribution in [3.8, 4) is 0 Å². The third kappa shape index (κ3) is 2.52. The van der Waals surface area contributed by atoms with E-state index in [0.29, 0.717) is 10.0 Å². The molecule has 0 saturated heterocycles. The van der Waals surface area contributed by atoms with Gasteiger partial charge in [-0.1, -0.05) is 29.3 Å². The summed E-state index contributed by atoms with van der Waals surface area (Å²) in [6.45, 7) is 0. The van der Waals surface area contributed by atoms with Crippen molar-refractivity contribution < 1.29 is 0 Å². The maximum atomic E-state index is 6.05. The molecule has 1 heterocycles. The number of nitrogens with zero attached hydrogens (tertiary/aromatic N) is 1. The molecule has 0 amide bonds. The number of halogens is 2. The summed E-state index contributed by atoms with van der Waals surface area (Å²) < 4.78 is 0. The van der Waals surface area contributed by atoms with Crippen LogP contribution in [0.5, 0.6) is 0 Å². The van der Waals surface area contributed by atoms with Crippen LogP contribution in [0.4, 0.5) is 0 Å². The largest absolute Gasteiger partial charge is 0.349 e. The third-order valence-electron chi connectivity index (χ3n) is 2.23. The lowest BCUT2D eigenvalue weighted by atomic mass is 10.1. The molecule has 0 radical (unpaired) electrons. The van der Waals surface area contributed by atoms with E-state index < -0.39 is 0 Å². The second kappa shape index (κ2) is 4.69. The number of hydrogen-bond donors (Lipinski definition) is 1. The molecule has 0 bridgehead atoms. The van der Waals surface area contributed by atoms with E-state index in [-0.39, 0.29) is 0 Å². The van der Waals surface area contributed by atoms with Gasteiger partial charge in [0.05, 0.1) is 0 Å². The van der Waals surface area contributed by atoms with Gasteiger partial charge in [0, 0.05) is 28.9 Å². The zero-order valence-corrected chi connectivity index (χ0v) is 9.52. The average molecular weight is 241 g/mol. The second-order valence-electron chi connectivity index (χ2n) is 3.24. The normalized spacial score (nSPS) is 10.5. The molecular formula is C11H10Cl2N2. The fourth-order valence-electron chi connectivity index (χ4n) is 1.45. The van der Waals surface area contributed by atoms with Crippen molar-refractivity contribution in [2.24, 2.45) is 0 Å². The summed E-state index contributed by atoms with van der Waals surface area (Å²) in [7, 11) is 0. The summed E-state index contributed by atoms with van der Waals surface area (Å²) in [5.41, 5.74) is 0.984. The highest BCUT2D eigenvalue weighted by atomic mass is 35.5. The summed E-state index contributed by atoms with van der Waals surface area (Å²) in [5.74, 6) is 0.950. The maximum Gasteiger partial charge on any atom is 0.106 e. The van der Waals surface area contributed by atoms with Crippen molar-refractivity contribution in [3.63, 3.8) is 0 Å². The molecule has 0 unspecified atom stereocenters. The molecule has 15 heavy (non-hydrogen) atoms. The van der Waals surface area contributed by atoms with Crippen LogP contribution in [0.2, 0.25) is 10.0 Å². The Hall–Kier alpha value is -0.990. The first-order valence-corrected chi connectivity index (χ1v) is 5.44. The minimum Gasteiger partial charge on any atom is -0.349 e. The Morgan fingerprint density at radius 2 is 1.87 bits per heavy atom. The van der Waals surface area contributed by atoms with Crippen LogP contribution in [-0.4, -0.2) is 9.97 Å².